The van der Waals surface area contributed by atoms with E-state index in [2.05, 4.69) is 64.0 Å². The smallest absolute Gasteiger partial charge is 0.316 e. The minimum Gasteiger partial charge on any atom is -0.352 e. The Balaban J connectivity index is 1.26. The summed E-state index contributed by atoms with van der Waals surface area (Å²) in [5.41, 5.74) is 5.36. The summed E-state index contributed by atoms with van der Waals surface area (Å²) in [6.07, 6.45) is 3.92. The van der Waals surface area contributed by atoms with Gasteiger partial charge in [-0.3, -0.25) is 9.59 Å². The van der Waals surface area contributed by atoms with E-state index in [1.54, 1.807) is 0 Å². The second-order valence-electron chi connectivity index (χ2n) is 10.4. The zero-order chi connectivity index (χ0) is 26.5. The van der Waals surface area contributed by atoms with Crippen molar-refractivity contribution in [3.05, 3.63) is 70.6 Å². The molecule has 0 saturated heterocycles. The molecule has 2 N–H and O–H groups in total. The quantitative estimate of drug-likeness (QED) is 0.474. The average molecular weight is 504 g/mol. The minimum absolute atomic E-state index is 0.113. The van der Waals surface area contributed by atoms with Crippen LogP contribution in [0.25, 0.3) is 11.4 Å². The molecule has 1 fully saturated rings. The molecule has 3 aromatic rings. The number of benzene rings is 2. The number of nitrogens with zero attached hydrogens (tertiary/aromatic N) is 3. The fourth-order valence-corrected chi connectivity index (χ4v) is 5.69. The van der Waals surface area contributed by atoms with E-state index in [-0.39, 0.29) is 24.4 Å². The molecule has 8 nitrogen and oxygen atoms in total. The summed E-state index contributed by atoms with van der Waals surface area (Å²) in [7, 11) is 4.26. The van der Waals surface area contributed by atoms with Crippen LogP contribution < -0.4 is 10.6 Å². The molecule has 1 atom stereocenters. The zero-order valence-electron chi connectivity index (χ0n) is 22.4. The Labute approximate surface area is 218 Å². The fraction of sp³-hybridized carbons (Fsp3) is 0.448. The highest BCUT2D eigenvalue weighted by atomic mass is 16.5. The van der Waals surface area contributed by atoms with Crippen LogP contribution in [0.5, 0.6) is 0 Å². The summed E-state index contributed by atoms with van der Waals surface area (Å²) in [5.74, 6) is -0.0188. The van der Waals surface area contributed by atoms with Gasteiger partial charge in [0.05, 0.1) is 6.54 Å². The maximum atomic E-state index is 12.5. The summed E-state index contributed by atoms with van der Waals surface area (Å²) >= 11 is 0. The maximum Gasteiger partial charge on any atom is 0.316 e. The van der Waals surface area contributed by atoms with Gasteiger partial charge in [-0.15, -0.1) is 0 Å². The van der Waals surface area contributed by atoms with Gasteiger partial charge in [-0.1, -0.05) is 53.2 Å². The van der Waals surface area contributed by atoms with Crippen molar-refractivity contribution in [1.29, 1.82) is 0 Å². The van der Waals surface area contributed by atoms with E-state index in [1.165, 1.54) is 5.56 Å². The monoisotopic (exact) mass is 503 g/mol. The van der Waals surface area contributed by atoms with Gasteiger partial charge < -0.3 is 20.1 Å². The zero-order valence-corrected chi connectivity index (χ0v) is 22.4. The summed E-state index contributed by atoms with van der Waals surface area (Å²) in [4.78, 5) is 31.6. The van der Waals surface area contributed by atoms with E-state index in [4.69, 9.17) is 4.52 Å². The Morgan fingerprint density at radius 1 is 1.03 bits per heavy atom. The van der Waals surface area contributed by atoms with Crippen LogP contribution in [0.3, 0.4) is 0 Å². The second-order valence-corrected chi connectivity index (χ2v) is 10.4. The van der Waals surface area contributed by atoms with Crippen LogP contribution in [0.1, 0.15) is 64.7 Å². The van der Waals surface area contributed by atoms with Gasteiger partial charge in [-0.25, -0.2) is 0 Å². The molecule has 37 heavy (non-hydrogen) atoms. The molecule has 8 heteroatoms. The van der Waals surface area contributed by atoms with Crippen molar-refractivity contribution >= 4 is 11.8 Å². The summed E-state index contributed by atoms with van der Waals surface area (Å²) in [5, 5.41) is 9.66. The van der Waals surface area contributed by atoms with Crippen LogP contribution in [0.15, 0.2) is 47.0 Å². The second kappa shape index (κ2) is 11.7. The molecule has 0 aliphatic heterocycles. The van der Waals surface area contributed by atoms with Crippen LogP contribution in [-0.4, -0.2) is 53.5 Å². The first-order chi connectivity index (χ1) is 17.7. The summed E-state index contributed by atoms with van der Waals surface area (Å²) < 4.78 is 5.18. The Hall–Kier alpha value is -3.52. The van der Waals surface area contributed by atoms with Crippen LogP contribution in [-0.2, 0) is 4.79 Å². The molecular weight excluding hydrogens is 466 g/mol. The first kappa shape index (κ1) is 26.5. The lowest BCUT2D eigenvalue weighted by atomic mass is 9.78. The first-order valence-corrected chi connectivity index (χ1v) is 12.9. The minimum atomic E-state index is -0.559. The number of amides is 2. The van der Waals surface area contributed by atoms with Crippen molar-refractivity contribution in [2.75, 3.05) is 20.6 Å². The molecule has 2 amide bonds. The molecule has 1 aromatic heterocycles. The number of carbonyl (C=O) groups excluding carboxylic acids is 2. The number of hydrogen-bond donors (Lipinski definition) is 2. The van der Waals surface area contributed by atoms with Crippen molar-refractivity contribution in [2.45, 2.75) is 58.5 Å². The SMILES string of the molecule is Cc1cc(C)c(-c2noc(C(=O)NCC(=O)NC3CCC(C(c4ccccc4)N(C)C)CC3)n2)c(C)c1. The van der Waals surface area contributed by atoms with E-state index >= 15 is 0 Å². The topological polar surface area (TPSA) is 100 Å². The van der Waals surface area contributed by atoms with Crippen LogP contribution >= 0.6 is 0 Å². The van der Waals surface area contributed by atoms with Gasteiger partial charge in [-0.05, 0) is 83.2 Å². The highest BCUT2D eigenvalue weighted by molar-refractivity contribution is 5.93. The van der Waals surface area contributed by atoms with Crippen molar-refractivity contribution < 1.29 is 14.1 Å². The van der Waals surface area contributed by atoms with Gasteiger partial charge in [0.15, 0.2) is 0 Å². The van der Waals surface area contributed by atoms with Crippen molar-refractivity contribution in [3.8, 4) is 11.4 Å². The number of aryl methyl sites for hydroxylation is 3. The summed E-state index contributed by atoms with van der Waals surface area (Å²) in [6.45, 7) is 5.85. The third kappa shape index (κ3) is 6.43. The molecule has 0 radical (unpaired) electrons. The fourth-order valence-electron chi connectivity index (χ4n) is 5.69. The van der Waals surface area contributed by atoms with Gasteiger partial charge in [-0.2, -0.15) is 4.98 Å². The van der Waals surface area contributed by atoms with Gasteiger partial charge in [0, 0.05) is 17.6 Å². The third-order valence-corrected chi connectivity index (χ3v) is 7.21. The molecule has 0 spiro atoms. The highest BCUT2D eigenvalue weighted by Crippen LogP contribution is 2.37. The average Bonchev–Trinajstić information content (AvgIpc) is 3.33. The predicted molar refractivity (Wildman–Crippen MR) is 143 cm³/mol. The van der Waals surface area contributed by atoms with E-state index in [0.29, 0.717) is 17.8 Å². The van der Waals surface area contributed by atoms with E-state index < -0.39 is 5.91 Å². The lowest BCUT2D eigenvalue weighted by Gasteiger charge is -2.37. The van der Waals surface area contributed by atoms with Crippen LogP contribution in [0, 0.1) is 26.7 Å². The highest BCUT2D eigenvalue weighted by Gasteiger charge is 2.30. The number of carbonyl (C=O) groups is 2. The number of rotatable bonds is 8. The summed E-state index contributed by atoms with van der Waals surface area (Å²) in [6, 6.07) is 15.2. The molecule has 196 valence electrons. The molecular formula is C29H37N5O3. The molecule has 4 rings (SSSR count). The Kier molecular flexibility index (Phi) is 8.38. The lowest BCUT2D eigenvalue weighted by molar-refractivity contribution is -0.121. The Bertz CT molecular complexity index is 1210. The number of aromatic nitrogens is 2. The van der Waals surface area contributed by atoms with E-state index in [0.717, 1.165) is 47.9 Å². The molecule has 1 unspecified atom stereocenters. The normalized spacial score (nSPS) is 18.4. The Morgan fingerprint density at radius 2 is 1.68 bits per heavy atom. The standard InChI is InChI=1S/C29H37N5O3/c1-18-15-19(2)25(20(3)16-18)27-32-29(37-33-27)28(36)30-17-24(35)31-23-13-11-22(12-14-23)26(34(4)5)21-9-7-6-8-10-21/h6-10,15-16,22-23,26H,11-14,17H2,1-5H3,(H,30,36)(H,31,35). The van der Waals surface area contributed by atoms with Gasteiger partial charge >= 0.3 is 11.8 Å². The van der Waals surface area contributed by atoms with Crippen LogP contribution in [0.2, 0.25) is 0 Å². The largest absolute Gasteiger partial charge is 0.352 e. The lowest BCUT2D eigenvalue weighted by Crippen LogP contribution is -2.44. The van der Waals surface area contributed by atoms with E-state index in [9.17, 15) is 9.59 Å². The molecule has 2 aromatic carbocycles. The van der Waals surface area contributed by atoms with Gasteiger partial charge in [0.2, 0.25) is 11.7 Å². The molecule has 1 aliphatic carbocycles. The molecule has 1 heterocycles. The molecule has 0 bridgehead atoms. The van der Waals surface area contributed by atoms with Crippen LogP contribution in [0.4, 0.5) is 0 Å². The van der Waals surface area contributed by atoms with Crippen molar-refractivity contribution in [1.82, 2.24) is 25.7 Å². The number of nitrogens with one attached hydrogen (secondary N) is 2. The molecule has 1 saturated carbocycles. The van der Waals surface area contributed by atoms with Crippen molar-refractivity contribution in [3.63, 3.8) is 0 Å². The Morgan fingerprint density at radius 3 is 2.30 bits per heavy atom. The van der Waals surface area contributed by atoms with Gasteiger partial charge in [0.25, 0.3) is 0 Å². The third-order valence-electron chi connectivity index (χ3n) is 7.21. The van der Waals surface area contributed by atoms with Crippen molar-refractivity contribution in [2.24, 2.45) is 5.92 Å². The molecule has 1 aliphatic rings. The maximum absolute atomic E-state index is 12.5. The van der Waals surface area contributed by atoms with E-state index in [1.807, 2.05) is 39.0 Å². The predicted octanol–water partition coefficient (Wildman–Crippen LogP) is 4.37. The van der Waals surface area contributed by atoms with Gasteiger partial charge in [0.1, 0.15) is 0 Å². The number of hydrogen-bond acceptors (Lipinski definition) is 6. The first-order valence-electron chi connectivity index (χ1n) is 12.9.